The molecular weight excluding hydrogens is 462 g/mol. The number of imide groups is 1. The number of nitrogens with zero attached hydrogens (tertiary/aromatic N) is 1. The van der Waals surface area contributed by atoms with Crippen molar-refractivity contribution in [2.75, 3.05) is 0 Å². The number of hydrogen-bond donors (Lipinski definition) is 3. The number of rotatable bonds is 5. The van der Waals surface area contributed by atoms with Gasteiger partial charge in [0.1, 0.15) is 0 Å². The Morgan fingerprint density at radius 3 is 2.42 bits per heavy atom. The fraction of sp³-hybridized carbons (Fsp3) is 0.893. The Hall–Kier alpha value is -1.51. The zero-order valence-electron chi connectivity index (χ0n) is 21.9. The van der Waals surface area contributed by atoms with Crippen LogP contribution in [-0.4, -0.2) is 56.5 Å². The van der Waals surface area contributed by atoms with Gasteiger partial charge in [-0.1, -0.05) is 20.8 Å². The fourth-order valence-electron chi connectivity index (χ4n) is 9.48. The van der Waals surface area contributed by atoms with Crippen molar-refractivity contribution in [3.05, 3.63) is 0 Å². The summed E-state index contributed by atoms with van der Waals surface area (Å²) >= 11 is 0. The Labute approximate surface area is 213 Å². The second-order valence-corrected chi connectivity index (χ2v) is 13.1. The van der Waals surface area contributed by atoms with E-state index in [1.807, 2.05) is 0 Å². The van der Waals surface area contributed by atoms with Gasteiger partial charge < -0.3 is 20.2 Å². The Bertz CT molecular complexity index is 892. The highest BCUT2D eigenvalue weighted by atomic mass is 16.7. The zero-order chi connectivity index (χ0) is 26.0. The first-order chi connectivity index (χ1) is 17.0. The number of hydroxylamine groups is 2. The molecule has 1 heterocycles. The Morgan fingerprint density at radius 1 is 1.03 bits per heavy atom. The van der Waals surface area contributed by atoms with Crippen LogP contribution < -0.4 is 0 Å². The van der Waals surface area contributed by atoms with E-state index in [1.54, 1.807) is 0 Å². The van der Waals surface area contributed by atoms with Gasteiger partial charge in [-0.3, -0.25) is 9.59 Å². The van der Waals surface area contributed by atoms with Gasteiger partial charge in [-0.25, -0.2) is 4.79 Å². The molecule has 0 aromatic heterocycles. The van der Waals surface area contributed by atoms with Crippen molar-refractivity contribution in [3.63, 3.8) is 0 Å². The van der Waals surface area contributed by atoms with Crippen LogP contribution in [0.4, 0.5) is 0 Å². The van der Waals surface area contributed by atoms with Gasteiger partial charge in [0.2, 0.25) is 0 Å². The first-order valence-electron chi connectivity index (χ1n) is 14.1. The molecule has 8 heteroatoms. The quantitative estimate of drug-likeness (QED) is 0.491. The summed E-state index contributed by atoms with van der Waals surface area (Å²) in [4.78, 5) is 40.9. The standard InChI is InChI=1S/C28H43NO7/c1-15(4-9-25(35)36-29-23(33)7-8-24(29)34)18-5-6-19-26-20(14-22(32)28(18,19)3)27(2)11-10-17(30)12-16(27)13-21(26)31/h15-22,26,30-32H,4-14H2,1-3H3/t15-,16?,17-,18-,19+,20+,21-,22+,26+,27+,28-/m1/s1. The molecule has 4 saturated carbocycles. The van der Waals surface area contributed by atoms with Gasteiger partial charge in [-0.05, 0) is 97.7 Å². The summed E-state index contributed by atoms with van der Waals surface area (Å²) in [5, 5.41) is 33.9. The number of aliphatic hydroxyl groups is 3. The summed E-state index contributed by atoms with van der Waals surface area (Å²) < 4.78 is 0. The lowest BCUT2D eigenvalue weighted by molar-refractivity contribution is -0.207. The van der Waals surface area contributed by atoms with E-state index in [1.165, 1.54) is 0 Å². The van der Waals surface area contributed by atoms with Crippen LogP contribution in [0.5, 0.6) is 0 Å². The normalized spacial score (nSPS) is 47.2. The zero-order valence-corrected chi connectivity index (χ0v) is 21.9. The smallest absolute Gasteiger partial charge is 0.333 e. The van der Waals surface area contributed by atoms with E-state index < -0.39 is 30.0 Å². The van der Waals surface area contributed by atoms with Crippen LogP contribution in [0.25, 0.3) is 0 Å². The van der Waals surface area contributed by atoms with E-state index in [4.69, 9.17) is 4.84 Å². The molecule has 0 aromatic carbocycles. The predicted octanol–water partition coefficient (Wildman–Crippen LogP) is 2.97. The van der Waals surface area contributed by atoms with Crippen molar-refractivity contribution in [1.29, 1.82) is 0 Å². The molecule has 2 amide bonds. The lowest BCUT2D eigenvalue weighted by Gasteiger charge is -2.63. The highest BCUT2D eigenvalue weighted by Crippen LogP contribution is 2.68. The Kier molecular flexibility index (Phi) is 6.78. The van der Waals surface area contributed by atoms with Crippen LogP contribution in [0.2, 0.25) is 0 Å². The average molecular weight is 506 g/mol. The van der Waals surface area contributed by atoms with Crippen molar-refractivity contribution in [3.8, 4) is 0 Å². The minimum Gasteiger partial charge on any atom is -0.393 e. The molecule has 0 bridgehead atoms. The molecule has 5 aliphatic rings. The van der Waals surface area contributed by atoms with Gasteiger partial charge >= 0.3 is 5.97 Å². The van der Waals surface area contributed by atoms with Crippen molar-refractivity contribution in [2.24, 2.45) is 46.3 Å². The van der Waals surface area contributed by atoms with Crippen LogP contribution in [-0.2, 0) is 19.2 Å². The van der Waals surface area contributed by atoms with E-state index in [0.29, 0.717) is 23.8 Å². The van der Waals surface area contributed by atoms with Crippen LogP contribution in [0.15, 0.2) is 0 Å². The maximum absolute atomic E-state index is 12.4. The molecule has 1 aliphatic heterocycles. The summed E-state index contributed by atoms with van der Waals surface area (Å²) in [6, 6.07) is 0. The lowest BCUT2D eigenvalue weighted by Crippen LogP contribution is -2.62. The molecule has 0 radical (unpaired) electrons. The van der Waals surface area contributed by atoms with Gasteiger partial charge in [0.15, 0.2) is 0 Å². The van der Waals surface area contributed by atoms with Gasteiger partial charge in [0, 0.05) is 19.3 Å². The molecule has 5 fully saturated rings. The van der Waals surface area contributed by atoms with Crippen LogP contribution >= 0.6 is 0 Å². The minimum atomic E-state index is -0.574. The topological polar surface area (TPSA) is 124 Å². The third-order valence-electron chi connectivity index (χ3n) is 11.5. The third-order valence-corrected chi connectivity index (χ3v) is 11.5. The molecule has 0 spiro atoms. The molecule has 8 nitrogen and oxygen atoms in total. The molecule has 5 rings (SSSR count). The monoisotopic (exact) mass is 505 g/mol. The summed E-state index contributed by atoms with van der Waals surface area (Å²) in [7, 11) is 0. The summed E-state index contributed by atoms with van der Waals surface area (Å²) in [5.74, 6) is -0.213. The molecule has 1 saturated heterocycles. The maximum Gasteiger partial charge on any atom is 0.333 e. The van der Waals surface area contributed by atoms with Crippen LogP contribution in [0.1, 0.15) is 91.4 Å². The number of aliphatic hydroxyl groups excluding tert-OH is 3. The van der Waals surface area contributed by atoms with Gasteiger partial charge in [-0.2, -0.15) is 0 Å². The van der Waals surface area contributed by atoms with Crippen molar-refractivity contribution in [1.82, 2.24) is 5.06 Å². The highest BCUT2D eigenvalue weighted by molar-refractivity contribution is 6.01. The minimum absolute atomic E-state index is 0.0450. The summed E-state index contributed by atoms with van der Waals surface area (Å²) in [5.41, 5.74) is -0.285. The molecular formula is C28H43NO7. The predicted molar refractivity (Wildman–Crippen MR) is 130 cm³/mol. The van der Waals surface area contributed by atoms with E-state index in [0.717, 1.165) is 38.5 Å². The van der Waals surface area contributed by atoms with E-state index in [2.05, 4.69) is 20.8 Å². The number of fused-ring (bicyclic) bond motifs is 5. The molecule has 3 N–H and O–H groups in total. The van der Waals surface area contributed by atoms with E-state index in [-0.39, 0.29) is 65.8 Å². The number of amides is 2. The average Bonchev–Trinajstić information content (AvgIpc) is 3.34. The van der Waals surface area contributed by atoms with Gasteiger partial charge in [0.05, 0.1) is 18.3 Å². The highest BCUT2D eigenvalue weighted by Gasteiger charge is 2.65. The molecule has 36 heavy (non-hydrogen) atoms. The first kappa shape index (κ1) is 26.1. The van der Waals surface area contributed by atoms with Crippen molar-refractivity contribution >= 4 is 17.8 Å². The first-order valence-corrected chi connectivity index (χ1v) is 14.1. The van der Waals surface area contributed by atoms with Gasteiger partial charge in [-0.15, -0.1) is 5.06 Å². The van der Waals surface area contributed by atoms with Gasteiger partial charge in [0.25, 0.3) is 11.8 Å². The largest absolute Gasteiger partial charge is 0.393 e. The molecule has 1 unspecified atom stereocenters. The number of hydrogen-bond acceptors (Lipinski definition) is 7. The van der Waals surface area contributed by atoms with Crippen molar-refractivity contribution < 1.29 is 34.5 Å². The van der Waals surface area contributed by atoms with E-state index in [9.17, 15) is 29.7 Å². The molecule has 4 aliphatic carbocycles. The Balaban J connectivity index is 1.27. The Morgan fingerprint density at radius 2 is 1.72 bits per heavy atom. The fourth-order valence-corrected chi connectivity index (χ4v) is 9.48. The number of carbonyl (C=O) groups is 3. The maximum atomic E-state index is 12.4. The van der Waals surface area contributed by atoms with E-state index >= 15 is 0 Å². The third kappa shape index (κ3) is 4.02. The molecule has 11 atom stereocenters. The molecule has 0 aromatic rings. The second kappa shape index (κ2) is 9.35. The van der Waals surface area contributed by atoms with Crippen LogP contribution in [0.3, 0.4) is 0 Å². The van der Waals surface area contributed by atoms with Crippen LogP contribution in [0, 0.1) is 46.3 Å². The SMILES string of the molecule is C[C@H](CCC(=O)ON1C(=O)CCC1=O)[C@H]1CC[C@H]2[C@@H]3[C@H](O)CC4C[C@H](O)CC[C@]4(C)[C@H]3C[C@H](O)[C@]12C. The van der Waals surface area contributed by atoms with Crippen molar-refractivity contribution in [2.45, 2.75) is 110 Å². The number of carbonyl (C=O) groups excluding carboxylic acids is 3. The second-order valence-electron chi connectivity index (χ2n) is 13.1. The lowest BCUT2D eigenvalue weighted by atomic mass is 9.43. The summed E-state index contributed by atoms with van der Waals surface area (Å²) in [6.07, 6.45) is 5.50. The summed E-state index contributed by atoms with van der Waals surface area (Å²) in [6.45, 7) is 6.64. The molecule has 202 valence electrons.